The van der Waals surface area contributed by atoms with Gasteiger partial charge < -0.3 is 5.73 Å². The van der Waals surface area contributed by atoms with E-state index >= 15 is 0 Å². The topological polar surface area (TPSA) is 63.4 Å². The summed E-state index contributed by atoms with van der Waals surface area (Å²) in [6.07, 6.45) is 0. The molecule has 0 fully saturated rings. The van der Waals surface area contributed by atoms with Gasteiger partial charge in [-0.3, -0.25) is 0 Å². The van der Waals surface area contributed by atoms with Gasteiger partial charge in [0.2, 0.25) is 0 Å². The van der Waals surface area contributed by atoms with Crippen LogP contribution < -0.4 is 5.73 Å². The van der Waals surface area contributed by atoms with Gasteiger partial charge in [-0.1, -0.05) is 17.7 Å². The zero-order chi connectivity index (χ0) is 13.6. The molecule has 0 radical (unpaired) electrons. The lowest BCUT2D eigenvalue weighted by atomic mass is 10.1. The van der Waals surface area contributed by atoms with E-state index in [1.54, 1.807) is 18.2 Å². The number of halogens is 1. The fraction of sp³-hybridized carbons (Fsp3) is 0.167. The van der Waals surface area contributed by atoms with Crippen LogP contribution in [0.2, 0.25) is 4.34 Å². The standard InChI is InChI=1S/C12H11ClN2O2S2/c13-11-3-4-12(18-11)19(16,17)15-6-8-1-2-10(14)5-9(8)7-15/h1-5H,6-7,14H2. The number of nitrogen functional groups attached to an aromatic ring is 1. The second kappa shape index (κ2) is 4.49. The molecule has 0 spiro atoms. The summed E-state index contributed by atoms with van der Waals surface area (Å²) in [6, 6.07) is 8.63. The molecule has 4 nitrogen and oxygen atoms in total. The van der Waals surface area contributed by atoms with Crippen molar-refractivity contribution in [3.05, 3.63) is 45.8 Å². The first-order chi connectivity index (χ1) is 8.96. The maximum atomic E-state index is 12.4. The molecular formula is C12H11ClN2O2S2. The van der Waals surface area contributed by atoms with Gasteiger partial charge in [-0.05, 0) is 35.4 Å². The molecule has 0 bridgehead atoms. The molecule has 0 saturated heterocycles. The van der Waals surface area contributed by atoms with E-state index in [-0.39, 0.29) is 4.21 Å². The number of benzene rings is 1. The molecule has 1 aromatic heterocycles. The monoisotopic (exact) mass is 314 g/mol. The molecular weight excluding hydrogens is 304 g/mol. The van der Waals surface area contributed by atoms with Crippen molar-refractivity contribution in [1.29, 1.82) is 0 Å². The SMILES string of the molecule is Nc1ccc2c(c1)CN(S(=O)(=O)c1ccc(Cl)s1)C2. The molecule has 19 heavy (non-hydrogen) atoms. The lowest BCUT2D eigenvalue weighted by Gasteiger charge is -2.13. The number of nitrogens with two attached hydrogens (primary N) is 1. The van der Waals surface area contributed by atoms with Crippen LogP contribution in [0.4, 0.5) is 5.69 Å². The minimum absolute atomic E-state index is 0.276. The van der Waals surface area contributed by atoms with Crippen molar-refractivity contribution < 1.29 is 8.42 Å². The Morgan fingerprint density at radius 2 is 1.89 bits per heavy atom. The van der Waals surface area contributed by atoms with E-state index in [0.717, 1.165) is 22.5 Å². The molecule has 0 unspecified atom stereocenters. The predicted octanol–water partition coefficient (Wildman–Crippen LogP) is 2.69. The lowest BCUT2D eigenvalue weighted by Crippen LogP contribution is -2.24. The van der Waals surface area contributed by atoms with Gasteiger partial charge >= 0.3 is 0 Å². The maximum absolute atomic E-state index is 12.4. The molecule has 1 aliphatic rings. The minimum atomic E-state index is -3.47. The zero-order valence-electron chi connectivity index (χ0n) is 9.84. The van der Waals surface area contributed by atoms with E-state index in [2.05, 4.69) is 0 Å². The molecule has 0 saturated carbocycles. The number of hydrogen-bond donors (Lipinski definition) is 1. The summed E-state index contributed by atoms with van der Waals surface area (Å²) in [7, 11) is -3.47. The lowest BCUT2D eigenvalue weighted by molar-refractivity contribution is 0.433. The van der Waals surface area contributed by atoms with Crippen molar-refractivity contribution in [1.82, 2.24) is 4.31 Å². The highest BCUT2D eigenvalue weighted by molar-refractivity contribution is 7.91. The van der Waals surface area contributed by atoms with Crippen molar-refractivity contribution in [2.24, 2.45) is 0 Å². The molecule has 2 heterocycles. The van der Waals surface area contributed by atoms with E-state index in [0.29, 0.717) is 23.1 Å². The van der Waals surface area contributed by atoms with Crippen molar-refractivity contribution >= 4 is 38.6 Å². The second-order valence-corrected chi connectivity index (χ2v) is 8.24. The quantitative estimate of drug-likeness (QED) is 0.867. The van der Waals surface area contributed by atoms with E-state index in [4.69, 9.17) is 17.3 Å². The summed E-state index contributed by atoms with van der Waals surface area (Å²) in [5, 5.41) is 0. The number of fused-ring (bicyclic) bond motifs is 1. The molecule has 2 N–H and O–H groups in total. The van der Waals surface area contributed by atoms with Crippen LogP contribution in [-0.2, 0) is 23.1 Å². The van der Waals surface area contributed by atoms with Crippen LogP contribution in [0.5, 0.6) is 0 Å². The van der Waals surface area contributed by atoms with Gasteiger partial charge in [0.15, 0.2) is 0 Å². The second-order valence-electron chi connectivity index (χ2n) is 4.36. The van der Waals surface area contributed by atoms with E-state index < -0.39 is 10.0 Å². The average Bonchev–Trinajstić information content (AvgIpc) is 2.95. The van der Waals surface area contributed by atoms with Crippen LogP contribution >= 0.6 is 22.9 Å². The number of hydrogen-bond acceptors (Lipinski definition) is 4. The Morgan fingerprint density at radius 1 is 1.16 bits per heavy atom. The Balaban J connectivity index is 1.94. The van der Waals surface area contributed by atoms with E-state index in [9.17, 15) is 8.42 Å². The molecule has 1 aromatic carbocycles. The number of thiophene rings is 1. The highest BCUT2D eigenvalue weighted by atomic mass is 35.5. The number of nitrogens with zero attached hydrogens (tertiary/aromatic N) is 1. The van der Waals surface area contributed by atoms with Gasteiger partial charge in [0, 0.05) is 18.8 Å². The fourth-order valence-electron chi connectivity index (χ4n) is 2.12. The molecule has 100 valence electrons. The largest absolute Gasteiger partial charge is 0.399 e. The van der Waals surface area contributed by atoms with Crippen LogP contribution in [0.1, 0.15) is 11.1 Å². The minimum Gasteiger partial charge on any atom is -0.399 e. The summed E-state index contributed by atoms with van der Waals surface area (Å²) in [6.45, 7) is 0.742. The summed E-state index contributed by atoms with van der Waals surface area (Å²) < 4.78 is 27.1. The van der Waals surface area contributed by atoms with Crippen LogP contribution in [0.15, 0.2) is 34.5 Å². The number of sulfonamides is 1. The third kappa shape index (κ3) is 2.25. The van der Waals surface area contributed by atoms with Crippen LogP contribution in [0.25, 0.3) is 0 Å². The molecule has 2 aromatic rings. The van der Waals surface area contributed by atoms with Gasteiger partial charge in [-0.15, -0.1) is 11.3 Å². The van der Waals surface area contributed by atoms with Gasteiger partial charge in [0.1, 0.15) is 4.21 Å². The van der Waals surface area contributed by atoms with Crippen LogP contribution in [-0.4, -0.2) is 12.7 Å². The first-order valence-corrected chi connectivity index (χ1v) is 8.23. The molecule has 7 heteroatoms. The molecule has 0 aliphatic carbocycles. The first-order valence-electron chi connectivity index (χ1n) is 5.59. The summed E-state index contributed by atoms with van der Waals surface area (Å²) >= 11 is 6.88. The smallest absolute Gasteiger partial charge is 0.253 e. The van der Waals surface area contributed by atoms with E-state index in [1.807, 2.05) is 12.1 Å². The molecule has 1 aliphatic heterocycles. The summed E-state index contributed by atoms with van der Waals surface area (Å²) in [4.78, 5) is 0. The third-order valence-electron chi connectivity index (χ3n) is 3.07. The molecule has 3 rings (SSSR count). The third-order valence-corrected chi connectivity index (χ3v) is 6.56. The average molecular weight is 315 g/mol. The van der Waals surface area contributed by atoms with Crippen molar-refractivity contribution in [2.45, 2.75) is 17.3 Å². The predicted molar refractivity (Wildman–Crippen MR) is 76.6 cm³/mol. The Kier molecular flexibility index (Phi) is 3.05. The number of rotatable bonds is 2. The summed E-state index contributed by atoms with van der Waals surface area (Å²) in [5.74, 6) is 0. The molecule has 0 atom stereocenters. The Hall–Kier alpha value is -1.08. The summed E-state index contributed by atoms with van der Waals surface area (Å²) in [5.41, 5.74) is 8.33. The highest BCUT2D eigenvalue weighted by Crippen LogP contribution is 2.33. The maximum Gasteiger partial charge on any atom is 0.253 e. The normalized spacial score (nSPS) is 15.6. The zero-order valence-corrected chi connectivity index (χ0v) is 12.2. The van der Waals surface area contributed by atoms with Gasteiger partial charge in [-0.2, -0.15) is 4.31 Å². The van der Waals surface area contributed by atoms with Crippen molar-refractivity contribution in [3.8, 4) is 0 Å². The van der Waals surface area contributed by atoms with E-state index in [1.165, 1.54) is 4.31 Å². The van der Waals surface area contributed by atoms with Gasteiger partial charge in [0.25, 0.3) is 10.0 Å². The Bertz CT molecular complexity index is 740. The van der Waals surface area contributed by atoms with Crippen molar-refractivity contribution in [3.63, 3.8) is 0 Å². The first kappa shape index (κ1) is 12.9. The van der Waals surface area contributed by atoms with Gasteiger partial charge in [-0.25, -0.2) is 8.42 Å². The molecule has 0 amide bonds. The van der Waals surface area contributed by atoms with Crippen LogP contribution in [0, 0.1) is 0 Å². The Morgan fingerprint density at radius 3 is 2.58 bits per heavy atom. The highest BCUT2D eigenvalue weighted by Gasteiger charge is 2.31. The van der Waals surface area contributed by atoms with Crippen LogP contribution in [0.3, 0.4) is 0 Å². The van der Waals surface area contributed by atoms with Crippen molar-refractivity contribution in [2.75, 3.05) is 5.73 Å². The Labute approximate surface area is 120 Å². The number of anilines is 1. The fourth-order valence-corrected chi connectivity index (χ4v) is 5.15. The van der Waals surface area contributed by atoms with Gasteiger partial charge in [0.05, 0.1) is 4.34 Å².